The lowest BCUT2D eigenvalue weighted by Crippen LogP contribution is -2.49. The topological polar surface area (TPSA) is 123 Å². The van der Waals surface area contributed by atoms with Gasteiger partial charge in [0.1, 0.15) is 12.2 Å². The number of esters is 1. The molecule has 9 heteroatoms. The first-order valence-electron chi connectivity index (χ1n) is 9.32. The second-order valence-corrected chi connectivity index (χ2v) is 7.35. The first-order valence-corrected chi connectivity index (χ1v) is 9.32. The van der Waals surface area contributed by atoms with Gasteiger partial charge in [-0.1, -0.05) is 30.3 Å². The second kappa shape index (κ2) is 11.9. The average molecular weight is 410 g/mol. The first kappa shape index (κ1) is 24.2. The van der Waals surface area contributed by atoms with Gasteiger partial charge in [0, 0.05) is 6.54 Å². The van der Waals surface area contributed by atoms with E-state index in [0.717, 1.165) is 12.7 Å². The SMILES string of the molecule is COC(=O)[C@@H](NC(=O)OCc1ccccc1)[C@@H](O)CCCNC(=O)OC(C)(C)C. The quantitative estimate of drug-likeness (QED) is 0.324. The highest BCUT2D eigenvalue weighted by atomic mass is 16.6. The number of methoxy groups -OCH3 is 1. The van der Waals surface area contributed by atoms with Crippen LogP contribution in [0.25, 0.3) is 0 Å². The van der Waals surface area contributed by atoms with E-state index in [1.54, 1.807) is 32.9 Å². The highest BCUT2D eigenvalue weighted by Crippen LogP contribution is 2.08. The van der Waals surface area contributed by atoms with Crippen LogP contribution < -0.4 is 10.6 Å². The number of ether oxygens (including phenoxy) is 3. The van der Waals surface area contributed by atoms with E-state index in [-0.39, 0.29) is 19.6 Å². The predicted molar refractivity (Wildman–Crippen MR) is 105 cm³/mol. The Bertz CT molecular complexity index is 659. The molecule has 2 amide bonds. The monoisotopic (exact) mass is 410 g/mol. The standard InChI is InChI=1S/C20H30N2O7/c1-20(2,3)29-18(25)21-12-8-11-15(23)16(17(24)27-4)22-19(26)28-13-14-9-6-5-7-10-14/h5-7,9-10,15-16,23H,8,11-13H2,1-4H3,(H,21,25)(H,22,26)/t15-,16-/m0/s1. The van der Waals surface area contributed by atoms with E-state index < -0.39 is 35.9 Å². The summed E-state index contributed by atoms with van der Waals surface area (Å²) in [6, 6.07) is 7.75. The number of hydrogen-bond acceptors (Lipinski definition) is 7. The van der Waals surface area contributed by atoms with Crippen LogP contribution in [0, 0.1) is 0 Å². The molecule has 1 rings (SSSR count). The van der Waals surface area contributed by atoms with Gasteiger partial charge in [0.25, 0.3) is 0 Å². The highest BCUT2D eigenvalue weighted by Gasteiger charge is 2.29. The number of hydrogen-bond donors (Lipinski definition) is 3. The third-order valence-corrected chi connectivity index (χ3v) is 3.67. The molecule has 2 atom stereocenters. The molecule has 0 saturated carbocycles. The Morgan fingerprint density at radius 3 is 2.34 bits per heavy atom. The number of carbonyl (C=O) groups excluding carboxylic acids is 3. The second-order valence-electron chi connectivity index (χ2n) is 7.35. The molecular weight excluding hydrogens is 380 g/mol. The van der Waals surface area contributed by atoms with Gasteiger partial charge in [-0.05, 0) is 39.2 Å². The van der Waals surface area contributed by atoms with Crippen molar-refractivity contribution in [3.63, 3.8) is 0 Å². The first-order chi connectivity index (χ1) is 13.6. The summed E-state index contributed by atoms with van der Waals surface area (Å²) in [7, 11) is 1.16. The van der Waals surface area contributed by atoms with Crippen molar-refractivity contribution < 1.29 is 33.7 Å². The predicted octanol–water partition coefficient (Wildman–Crippen LogP) is 2.12. The van der Waals surface area contributed by atoms with Crippen molar-refractivity contribution in [2.24, 2.45) is 0 Å². The molecule has 0 spiro atoms. The Kier molecular flexibility index (Phi) is 9.94. The summed E-state index contributed by atoms with van der Waals surface area (Å²) in [6.07, 6.45) is -2.15. The fourth-order valence-corrected chi connectivity index (χ4v) is 2.31. The minimum atomic E-state index is -1.29. The van der Waals surface area contributed by atoms with E-state index in [2.05, 4.69) is 15.4 Å². The summed E-state index contributed by atoms with van der Waals surface area (Å²) in [5.74, 6) is -0.797. The fourth-order valence-electron chi connectivity index (χ4n) is 2.31. The molecule has 0 heterocycles. The summed E-state index contributed by atoms with van der Waals surface area (Å²) in [4.78, 5) is 35.5. The van der Waals surface area contributed by atoms with Crippen LogP contribution in [0.3, 0.4) is 0 Å². The normalized spacial score (nSPS) is 13.0. The maximum Gasteiger partial charge on any atom is 0.408 e. The van der Waals surface area contributed by atoms with Gasteiger partial charge in [0.05, 0.1) is 13.2 Å². The van der Waals surface area contributed by atoms with Crippen molar-refractivity contribution in [2.45, 2.75) is 58.0 Å². The molecule has 3 N–H and O–H groups in total. The van der Waals surface area contributed by atoms with Gasteiger partial charge in [0.2, 0.25) is 0 Å². The summed E-state index contributed by atoms with van der Waals surface area (Å²) in [5, 5.41) is 15.2. The zero-order chi connectivity index (χ0) is 21.9. The zero-order valence-electron chi connectivity index (χ0n) is 17.3. The molecule has 0 aliphatic heterocycles. The minimum Gasteiger partial charge on any atom is -0.467 e. The number of amides is 2. The molecule has 0 aliphatic carbocycles. The molecule has 0 aliphatic rings. The van der Waals surface area contributed by atoms with Crippen molar-refractivity contribution >= 4 is 18.2 Å². The molecule has 0 fully saturated rings. The van der Waals surface area contributed by atoms with Gasteiger partial charge >= 0.3 is 18.2 Å². The fraction of sp³-hybridized carbons (Fsp3) is 0.550. The van der Waals surface area contributed by atoms with Gasteiger partial charge in [-0.3, -0.25) is 0 Å². The lowest BCUT2D eigenvalue weighted by molar-refractivity contribution is -0.146. The van der Waals surface area contributed by atoms with Crippen molar-refractivity contribution in [3.05, 3.63) is 35.9 Å². The van der Waals surface area contributed by atoms with E-state index in [0.29, 0.717) is 6.42 Å². The van der Waals surface area contributed by atoms with E-state index in [1.807, 2.05) is 18.2 Å². The maximum absolute atomic E-state index is 12.0. The molecule has 162 valence electrons. The molecule has 0 radical (unpaired) electrons. The Morgan fingerprint density at radius 1 is 1.10 bits per heavy atom. The van der Waals surface area contributed by atoms with Gasteiger partial charge in [0.15, 0.2) is 6.04 Å². The van der Waals surface area contributed by atoms with Gasteiger partial charge in [-0.25, -0.2) is 14.4 Å². The van der Waals surface area contributed by atoms with Crippen LogP contribution in [0.2, 0.25) is 0 Å². The van der Waals surface area contributed by atoms with Crippen LogP contribution in [-0.4, -0.2) is 54.7 Å². The molecule has 9 nitrogen and oxygen atoms in total. The van der Waals surface area contributed by atoms with Gasteiger partial charge < -0.3 is 30.0 Å². The van der Waals surface area contributed by atoms with Crippen LogP contribution in [0.5, 0.6) is 0 Å². The molecule has 0 unspecified atom stereocenters. The minimum absolute atomic E-state index is 0.0243. The Hall–Kier alpha value is -2.81. The molecule has 29 heavy (non-hydrogen) atoms. The van der Waals surface area contributed by atoms with Crippen LogP contribution >= 0.6 is 0 Å². The van der Waals surface area contributed by atoms with Gasteiger partial charge in [-0.15, -0.1) is 0 Å². The smallest absolute Gasteiger partial charge is 0.408 e. The number of nitrogens with one attached hydrogen (secondary N) is 2. The Labute approximate surface area is 170 Å². The lowest BCUT2D eigenvalue weighted by atomic mass is 10.1. The molecular formula is C20H30N2O7. The number of carbonyl (C=O) groups is 3. The highest BCUT2D eigenvalue weighted by molar-refractivity contribution is 5.81. The molecule has 0 bridgehead atoms. The molecule has 1 aromatic rings. The molecule has 1 aromatic carbocycles. The lowest BCUT2D eigenvalue weighted by Gasteiger charge is -2.22. The maximum atomic E-state index is 12.0. The summed E-state index contributed by atoms with van der Waals surface area (Å²) < 4.78 is 14.8. The number of rotatable bonds is 9. The van der Waals surface area contributed by atoms with Crippen molar-refractivity contribution in [1.29, 1.82) is 0 Å². The van der Waals surface area contributed by atoms with Crippen LogP contribution in [-0.2, 0) is 25.6 Å². The summed E-state index contributed by atoms with van der Waals surface area (Å²) in [6.45, 7) is 5.51. The van der Waals surface area contributed by atoms with E-state index >= 15 is 0 Å². The van der Waals surface area contributed by atoms with Crippen molar-refractivity contribution in [3.8, 4) is 0 Å². The van der Waals surface area contributed by atoms with E-state index in [1.165, 1.54) is 0 Å². The van der Waals surface area contributed by atoms with Crippen LogP contribution in [0.4, 0.5) is 9.59 Å². The zero-order valence-corrected chi connectivity index (χ0v) is 17.3. The number of aliphatic hydroxyl groups excluding tert-OH is 1. The largest absolute Gasteiger partial charge is 0.467 e. The molecule has 0 saturated heterocycles. The summed E-state index contributed by atoms with van der Waals surface area (Å²) >= 11 is 0. The van der Waals surface area contributed by atoms with Crippen molar-refractivity contribution in [2.75, 3.05) is 13.7 Å². The third-order valence-electron chi connectivity index (χ3n) is 3.67. The van der Waals surface area contributed by atoms with Crippen molar-refractivity contribution in [1.82, 2.24) is 10.6 Å². The van der Waals surface area contributed by atoms with Crippen LogP contribution in [0.15, 0.2) is 30.3 Å². The molecule has 0 aromatic heterocycles. The number of alkyl carbamates (subject to hydrolysis) is 2. The van der Waals surface area contributed by atoms with Gasteiger partial charge in [-0.2, -0.15) is 0 Å². The average Bonchev–Trinajstić information content (AvgIpc) is 2.66. The Balaban J connectivity index is 2.45. The number of benzene rings is 1. The third kappa shape index (κ3) is 10.3. The summed E-state index contributed by atoms with van der Waals surface area (Å²) in [5.41, 5.74) is 0.176. The Morgan fingerprint density at radius 2 is 1.76 bits per heavy atom. The van der Waals surface area contributed by atoms with E-state index in [9.17, 15) is 19.5 Å². The van der Waals surface area contributed by atoms with Crippen LogP contribution in [0.1, 0.15) is 39.2 Å². The van der Waals surface area contributed by atoms with E-state index in [4.69, 9.17) is 9.47 Å². The number of aliphatic hydroxyl groups is 1.